The van der Waals surface area contributed by atoms with Gasteiger partial charge in [-0.25, -0.2) is 0 Å². The van der Waals surface area contributed by atoms with Crippen LogP contribution >= 0.6 is 11.8 Å². The summed E-state index contributed by atoms with van der Waals surface area (Å²) in [7, 11) is 0. The average molecular weight is 308 g/mol. The van der Waals surface area contributed by atoms with Gasteiger partial charge >= 0.3 is 0 Å². The largest absolute Gasteiger partial charge is 0.379 e. The third kappa shape index (κ3) is 2.92. The number of allylic oxidation sites excluding steroid dienone is 2. The van der Waals surface area contributed by atoms with E-state index in [0.717, 1.165) is 44.1 Å². The number of hydrogen-bond acceptors (Lipinski definition) is 4. The van der Waals surface area contributed by atoms with E-state index in [1.54, 1.807) is 0 Å². The lowest BCUT2D eigenvalue weighted by Gasteiger charge is -2.43. The number of fused-ring (bicyclic) bond motifs is 2. The monoisotopic (exact) mass is 308 g/mol. The average Bonchev–Trinajstić information content (AvgIpc) is 3.25. The van der Waals surface area contributed by atoms with Crippen LogP contribution in [0.3, 0.4) is 0 Å². The highest BCUT2D eigenvalue weighted by molar-refractivity contribution is 7.99. The van der Waals surface area contributed by atoms with Crippen molar-refractivity contribution in [2.45, 2.75) is 24.8 Å². The molecule has 0 aromatic heterocycles. The van der Waals surface area contributed by atoms with Gasteiger partial charge in [-0.3, -0.25) is 4.90 Å². The molecule has 4 heteroatoms. The maximum atomic E-state index is 5.55. The van der Waals surface area contributed by atoms with Gasteiger partial charge in [-0.05, 0) is 49.3 Å². The molecule has 118 valence electrons. The predicted molar refractivity (Wildman–Crippen MR) is 88.8 cm³/mol. The van der Waals surface area contributed by atoms with Gasteiger partial charge in [-0.15, -0.1) is 0 Å². The summed E-state index contributed by atoms with van der Waals surface area (Å²) in [4.78, 5) is 2.71. The lowest BCUT2D eigenvalue weighted by molar-refractivity contribution is -0.0135. The quantitative estimate of drug-likeness (QED) is 0.785. The Hall–Kier alpha value is -0.0300. The van der Waals surface area contributed by atoms with Gasteiger partial charge in [-0.1, -0.05) is 12.2 Å². The van der Waals surface area contributed by atoms with Gasteiger partial charge in [-0.2, -0.15) is 11.8 Å². The molecule has 2 aliphatic carbocycles. The maximum absolute atomic E-state index is 5.55. The van der Waals surface area contributed by atoms with E-state index in [-0.39, 0.29) is 0 Å². The van der Waals surface area contributed by atoms with Crippen molar-refractivity contribution in [3.63, 3.8) is 0 Å². The number of thioether (sulfide) groups is 1. The van der Waals surface area contributed by atoms with Crippen LogP contribution in [0.5, 0.6) is 0 Å². The predicted octanol–water partition coefficient (Wildman–Crippen LogP) is 2.00. The van der Waals surface area contributed by atoms with Gasteiger partial charge in [0.05, 0.1) is 13.2 Å². The summed E-state index contributed by atoms with van der Waals surface area (Å²) in [6.07, 6.45) is 9.12. The van der Waals surface area contributed by atoms with Crippen molar-refractivity contribution in [3.8, 4) is 0 Å². The van der Waals surface area contributed by atoms with Gasteiger partial charge in [0.15, 0.2) is 0 Å². The molecule has 0 amide bonds. The Morgan fingerprint density at radius 2 is 2.14 bits per heavy atom. The van der Waals surface area contributed by atoms with Crippen molar-refractivity contribution in [3.05, 3.63) is 12.2 Å². The molecule has 4 rings (SSSR count). The molecule has 0 unspecified atom stereocenters. The first-order chi connectivity index (χ1) is 10.4. The summed E-state index contributed by atoms with van der Waals surface area (Å²) in [5, 5.41) is 3.86. The summed E-state index contributed by atoms with van der Waals surface area (Å²) in [6.45, 7) is 6.49. The van der Waals surface area contributed by atoms with Crippen LogP contribution in [0.1, 0.15) is 19.3 Å². The Morgan fingerprint density at radius 3 is 2.81 bits per heavy atom. The molecular weight excluding hydrogens is 280 g/mol. The fourth-order valence-corrected chi connectivity index (χ4v) is 6.23. The highest BCUT2D eigenvalue weighted by Crippen LogP contribution is 2.43. The molecule has 2 aliphatic heterocycles. The van der Waals surface area contributed by atoms with Crippen LogP contribution in [0.25, 0.3) is 0 Å². The first-order valence-corrected chi connectivity index (χ1v) is 9.81. The Balaban J connectivity index is 1.31. The minimum absolute atomic E-state index is 0.405. The fraction of sp³-hybridized carbons (Fsp3) is 0.882. The number of ether oxygens (including phenoxy) is 1. The van der Waals surface area contributed by atoms with Gasteiger partial charge < -0.3 is 10.1 Å². The van der Waals surface area contributed by atoms with Gasteiger partial charge in [0.1, 0.15) is 0 Å². The van der Waals surface area contributed by atoms with Crippen LogP contribution in [-0.4, -0.2) is 61.3 Å². The van der Waals surface area contributed by atoms with Crippen LogP contribution in [0.15, 0.2) is 12.2 Å². The van der Waals surface area contributed by atoms with E-state index in [0.29, 0.717) is 5.54 Å². The molecule has 0 radical (unpaired) electrons. The third-order valence-electron chi connectivity index (χ3n) is 6.04. The van der Waals surface area contributed by atoms with Crippen LogP contribution in [0.2, 0.25) is 0 Å². The van der Waals surface area contributed by atoms with Crippen LogP contribution in [0, 0.1) is 17.8 Å². The highest BCUT2D eigenvalue weighted by atomic mass is 32.2. The second-order valence-corrected chi connectivity index (χ2v) is 8.40. The van der Waals surface area contributed by atoms with Crippen molar-refractivity contribution in [1.29, 1.82) is 0 Å². The number of nitrogens with zero attached hydrogens (tertiary/aromatic N) is 1. The zero-order valence-electron chi connectivity index (χ0n) is 12.9. The zero-order valence-corrected chi connectivity index (χ0v) is 13.7. The summed E-state index contributed by atoms with van der Waals surface area (Å²) < 4.78 is 5.55. The van der Waals surface area contributed by atoms with Gasteiger partial charge in [0.2, 0.25) is 0 Å². The molecule has 0 aromatic rings. The standard InChI is InChI=1S/C17H28N2OS/c1-2-15-9-14(1)10-16(15)11-18-12-17(3-8-21-13-17)19-4-6-20-7-5-19/h1-2,14-16,18H,3-13H2/t14-,15-,16+,17-/m0/s1. The molecule has 0 spiro atoms. The molecule has 3 fully saturated rings. The number of hydrogen-bond donors (Lipinski definition) is 1. The topological polar surface area (TPSA) is 24.5 Å². The minimum Gasteiger partial charge on any atom is -0.379 e. The molecule has 0 aromatic carbocycles. The lowest BCUT2D eigenvalue weighted by Crippen LogP contribution is -2.58. The van der Waals surface area contributed by atoms with E-state index in [1.165, 1.54) is 43.9 Å². The van der Waals surface area contributed by atoms with Gasteiger partial charge in [0, 0.05) is 30.9 Å². The van der Waals surface area contributed by atoms with Crippen LogP contribution in [0.4, 0.5) is 0 Å². The number of rotatable bonds is 5. The molecule has 2 bridgehead atoms. The molecule has 21 heavy (non-hydrogen) atoms. The van der Waals surface area contributed by atoms with E-state index in [1.807, 2.05) is 0 Å². The second kappa shape index (κ2) is 6.23. The first-order valence-electron chi connectivity index (χ1n) is 8.65. The molecule has 4 atom stereocenters. The molecule has 1 saturated carbocycles. The minimum atomic E-state index is 0.405. The Kier molecular flexibility index (Phi) is 4.32. The second-order valence-electron chi connectivity index (χ2n) is 7.30. The van der Waals surface area contributed by atoms with E-state index >= 15 is 0 Å². The summed E-state index contributed by atoms with van der Waals surface area (Å²) in [5.41, 5.74) is 0.405. The number of morpholine rings is 1. The maximum Gasteiger partial charge on any atom is 0.0594 e. The smallest absolute Gasteiger partial charge is 0.0594 e. The van der Waals surface area contributed by atoms with Crippen molar-refractivity contribution in [1.82, 2.24) is 10.2 Å². The van der Waals surface area contributed by atoms with Crippen molar-refractivity contribution in [2.75, 3.05) is 50.9 Å². The van der Waals surface area contributed by atoms with E-state index in [2.05, 4.69) is 34.1 Å². The van der Waals surface area contributed by atoms with Crippen LogP contribution in [-0.2, 0) is 4.74 Å². The van der Waals surface area contributed by atoms with Crippen molar-refractivity contribution >= 4 is 11.8 Å². The van der Waals surface area contributed by atoms with Crippen molar-refractivity contribution < 1.29 is 4.74 Å². The molecule has 3 nitrogen and oxygen atoms in total. The fourth-order valence-electron chi connectivity index (χ4n) is 4.75. The van der Waals surface area contributed by atoms with E-state index < -0.39 is 0 Å². The summed E-state index contributed by atoms with van der Waals surface area (Å²) in [6, 6.07) is 0. The molecule has 1 N–H and O–H groups in total. The Morgan fingerprint density at radius 1 is 1.24 bits per heavy atom. The molecule has 2 heterocycles. The molecule has 2 saturated heterocycles. The van der Waals surface area contributed by atoms with E-state index in [4.69, 9.17) is 4.74 Å². The summed E-state index contributed by atoms with van der Waals surface area (Å²) >= 11 is 2.14. The summed E-state index contributed by atoms with van der Waals surface area (Å²) in [5.74, 6) is 5.31. The Labute approximate surface area is 132 Å². The highest BCUT2D eigenvalue weighted by Gasteiger charge is 2.41. The SMILES string of the molecule is C1=C[C@H]2C[C@H]1C[C@@H]2CNC[C@@]1(N2CCOCC2)CCSC1. The normalized spacial score (nSPS) is 43.0. The number of nitrogens with one attached hydrogen (secondary N) is 1. The first kappa shape index (κ1) is 14.6. The molecular formula is C17H28N2OS. The zero-order chi connectivity index (χ0) is 14.1. The van der Waals surface area contributed by atoms with Crippen LogP contribution < -0.4 is 5.32 Å². The Bertz CT molecular complexity index is 388. The van der Waals surface area contributed by atoms with E-state index in [9.17, 15) is 0 Å². The van der Waals surface area contributed by atoms with Gasteiger partial charge in [0.25, 0.3) is 0 Å². The third-order valence-corrected chi connectivity index (χ3v) is 7.28. The molecule has 4 aliphatic rings. The lowest BCUT2D eigenvalue weighted by atomic mass is 9.92. The van der Waals surface area contributed by atoms with Crippen molar-refractivity contribution in [2.24, 2.45) is 17.8 Å².